The lowest BCUT2D eigenvalue weighted by Gasteiger charge is -2.17. The van der Waals surface area contributed by atoms with Gasteiger partial charge in [0.25, 0.3) is 5.65 Å². The summed E-state index contributed by atoms with van der Waals surface area (Å²) in [7, 11) is -3.13. The molecule has 0 aliphatic heterocycles. The molecule has 128 valence electrons. The van der Waals surface area contributed by atoms with Crippen molar-refractivity contribution in [3.05, 3.63) is 71.1 Å². The van der Waals surface area contributed by atoms with E-state index >= 15 is 0 Å². The molecule has 0 aliphatic rings. The third-order valence-corrected chi connectivity index (χ3v) is 3.84. The molecule has 4 aromatic rings. The summed E-state index contributed by atoms with van der Waals surface area (Å²) in [6, 6.07) is 18.0. The minimum atomic E-state index is -4.94. The van der Waals surface area contributed by atoms with Gasteiger partial charge in [0.2, 0.25) is 0 Å². The van der Waals surface area contributed by atoms with Crippen molar-refractivity contribution in [3.63, 3.8) is 0 Å². The predicted molar refractivity (Wildman–Crippen MR) is 79.9 cm³/mol. The smallest absolute Gasteiger partial charge is 0.241 e. The van der Waals surface area contributed by atoms with Crippen molar-refractivity contribution < 1.29 is 33.3 Å². The maximum atomic E-state index is 12.4. The van der Waals surface area contributed by atoms with Crippen LogP contribution in [-0.4, -0.2) is 4.57 Å². The first-order chi connectivity index (χ1) is 11.8. The van der Waals surface area contributed by atoms with Crippen molar-refractivity contribution in [1.82, 2.24) is 4.57 Å². The van der Waals surface area contributed by atoms with Gasteiger partial charge in [-0.25, -0.2) is 23.4 Å². The minimum absolute atomic E-state index is 0.0379. The van der Waals surface area contributed by atoms with Crippen LogP contribution in [0.15, 0.2) is 65.6 Å². The molecule has 2 aromatic heterocycles. The van der Waals surface area contributed by atoms with E-state index in [2.05, 4.69) is 28.8 Å². The molecule has 0 saturated heterocycles. The molecule has 0 atom stereocenters. The van der Waals surface area contributed by atoms with Crippen LogP contribution in [0.5, 0.6) is 0 Å². The Balaban J connectivity index is 0.000000324. The number of benzene rings is 2. The fourth-order valence-electron chi connectivity index (χ4n) is 2.77. The Morgan fingerprint density at radius 2 is 1.48 bits per heavy atom. The Bertz CT molecular complexity index is 1130. The van der Waals surface area contributed by atoms with Crippen LogP contribution in [0, 0.1) is 10.2 Å². The third-order valence-electron chi connectivity index (χ3n) is 3.84. The van der Waals surface area contributed by atoms with E-state index in [0.717, 1.165) is 27.3 Å². The van der Waals surface area contributed by atoms with Gasteiger partial charge in [-0.05, 0) is 17.5 Å². The monoisotopic (exact) mass is 360 g/mol. The number of hydrogen-bond acceptors (Lipinski definition) is 5. The predicted octanol–water partition coefficient (Wildman–Crippen LogP) is -2.33. The van der Waals surface area contributed by atoms with Crippen LogP contribution >= 0.6 is 0 Å². The summed E-state index contributed by atoms with van der Waals surface area (Å²) in [4.78, 5) is 12.4. The molecule has 4 rings (SSSR count). The van der Waals surface area contributed by atoms with Crippen molar-refractivity contribution in [2.75, 3.05) is 0 Å². The lowest BCUT2D eigenvalue weighted by atomic mass is 10.1. The second-order valence-electron chi connectivity index (χ2n) is 5.39. The lowest BCUT2D eigenvalue weighted by Crippen LogP contribution is -2.68. The maximum absolute atomic E-state index is 12.4. The van der Waals surface area contributed by atoms with Gasteiger partial charge in [0.05, 0.1) is 7.05 Å². The van der Waals surface area contributed by atoms with E-state index in [9.17, 15) is 4.79 Å². The summed E-state index contributed by atoms with van der Waals surface area (Å²) >= 11 is 0. The van der Waals surface area contributed by atoms with Crippen LogP contribution in [0.1, 0.15) is 0 Å². The van der Waals surface area contributed by atoms with Gasteiger partial charge in [-0.1, -0.05) is 36.4 Å². The fraction of sp³-hybridized carbons (Fsp3) is 0.0588. The first kappa shape index (κ1) is 17.3. The molecule has 0 unspecified atom stereocenters. The lowest BCUT2D eigenvalue weighted by molar-refractivity contribution is -2.00. The second kappa shape index (κ2) is 6.40. The van der Waals surface area contributed by atoms with Crippen LogP contribution in [0.4, 0.5) is 0 Å². The molecule has 0 N–H and O–H groups in total. The van der Waals surface area contributed by atoms with Gasteiger partial charge in [-0.3, -0.25) is 0 Å². The highest BCUT2D eigenvalue weighted by Crippen LogP contribution is 2.14. The summed E-state index contributed by atoms with van der Waals surface area (Å²) in [6.45, 7) is 0. The Hall–Kier alpha value is -2.55. The van der Waals surface area contributed by atoms with Crippen LogP contribution in [0.3, 0.4) is 0 Å². The molecule has 0 bridgehead atoms. The number of nitrogens with zero attached hydrogens (tertiary/aromatic N) is 2. The molecule has 7 nitrogen and oxygen atoms in total. The van der Waals surface area contributed by atoms with E-state index in [1.165, 1.54) is 0 Å². The molecule has 0 amide bonds. The van der Waals surface area contributed by atoms with Gasteiger partial charge in [-0.2, -0.15) is 8.97 Å². The molecule has 2 heterocycles. The molecular formula is C17H13ClN2O5. The summed E-state index contributed by atoms with van der Waals surface area (Å²) in [5, 5.41) is 3.04. The molecule has 0 radical (unpaired) electrons. The van der Waals surface area contributed by atoms with Crippen molar-refractivity contribution in [3.8, 4) is 0 Å². The van der Waals surface area contributed by atoms with Gasteiger partial charge in [-0.15, -0.1) is 10.2 Å². The van der Waals surface area contributed by atoms with Crippen LogP contribution in [0.2, 0.25) is 0 Å². The van der Waals surface area contributed by atoms with Crippen LogP contribution in [-0.2, 0) is 7.05 Å². The van der Waals surface area contributed by atoms with E-state index in [-0.39, 0.29) is 5.56 Å². The van der Waals surface area contributed by atoms with Gasteiger partial charge in [0.1, 0.15) is 17.1 Å². The summed E-state index contributed by atoms with van der Waals surface area (Å²) in [6.07, 6.45) is 2.09. The van der Waals surface area contributed by atoms with Gasteiger partial charge >= 0.3 is 5.56 Å². The van der Waals surface area contributed by atoms with Gasteiger partial charge in [0, 0.05) is 11.5 Å². The third kappa shape index (κ3) is 3.60. The van der Waals surface area contributed by atoms with Gasteiger partial charge in [0.15, 0.2) is 0 Å². The van der Waals surface area contributed by atoms with E-state index in [4.69, 9.17) is 18.6 Å². The molecule has 8 heteroatoms. The van der Waals surface area contributed by atoms with E-state index < -0.39 is 10.2 Å². The normalized spacial score (nSPS) is 11.6. The number of aromatic nitrogens is 2. The standard InChI is InChI=1S/C17H13N2O.ClHO4/c1-18-16-10-12-6-2-3-7-13(12)11-19(16)15-9-5-4-8-14(15)17(18)20;2-1(3,4)5/h2-11H,1H3;(H,2,3,4,5)/q+1;/p-1. The molecule has 2 aromatic carbocycles. The zero-order valence-corrected chi connectivity index (χ0v) is 13.8. The number of halogens is 1. The Morgan fingerprint density at radius 1 is 0.920 bits per heavy atom. The van der Waals surface area contributed by atoms with Crippen LogP contribution in [0.25, 0.3) is 27.3 Å². The van der Waals surface area contributed by atoms with Crippen molar-refractivity contribution in [2.45, 2.75) is 0 Å². The number of pyridine rings is 1. The van der Waals surface area contributed by atoms with E-state index in [1.807, 2.05) is 43.4 Å². The minimum Gasteiger partial charge on any atom is -0.241 e. The molecular weight excluding hydrogens is 348 g/mol. The van der Waals surface area contributed by atoms with E-state index in [1.54, 1.807) is 4.57 Å². The molecule has 25 heavy (non-hydrogen) atoms. The number of aryl methyl sites for hydroxylation is 1. The number of rotatable bonds is 0. The zero-order valence-electron chi connectivity index (χ0n) is 13.1. The van der Waals surface area contributed by atoms with Crippen molar-refractivity contribution >= 4 is 27.3 Å². The SMILES string of the molecule is Cn1c(=O)c2ccccc2[n+]2cc3ccccc3cc12.[O-][Cl+3]([O-])([O-])[O-]. The van der Waals surface area contributed by atoms with Crippen molar-refractivity contribution in [1.29, 1.82) is 0 Å². The molecule has 0 fully saturated rings. The summed E-state index contributed by atoms with van der Waals surface area (Å²) in [5.41, 5.74) is 1.87. The Morgan fingerprint density at radius 3 is 2.16 bits per heavy atom. The number of para-hydroxylation sites is 1. The fourth-order valence-corrected chi connectivity index (χ4v) is 2.77. The highest BCUT2D eigenvalue weighted by molar-refractivity contribution is 5.84. The van der Waals surface area contributed by atoms with Gasteiger partial charge < -0.3 is 0 Å². The topological polar surface area (TPSA) is 118 Å². The summed E-state index contributed by atoms with van der Waals surface area (Å²) < 4.78 is 37.8. The van der Waals surface area contributed by atoms with E-state index in [0.29, 0.717) is 0 Å². The second-order valence-corrected chi connectivity index (χ2v) is 6.15. The first-order valence-electron chi connectivity index (χ1n) is 7.19. The largest absolute Gasteiger partial charge is 0.345 e. The molecule has 0 spiro atoms. The molecule has 0 saturated carbocycles. The highest BCUT2D eigenvalue weighted by atomic mass is 35.7. The Kier molecular flexibility index (Phi) is 4.42. The number of hydrogen-bond donors (Lipinski definition) is 0. The zero-order chi connectivity index (χ0) is 18.2. The van der Waals surface area contributed by atoms with Crippen molar-refractivity contribution in [2.24, 2.45) is 7.05 Å². The average molecular weight is 361 g/mol. The number of fused-ring (bicyclic) bond motifs is 4. The first-order valence-corrected chi connectivity index (χ1v) is 8.43. The maximum Gasteiger partial charge on any atom is 0.345 e. The summed E-state index contributed by atoms with van der Waals surface area (Å²) in [5.74, 6) is 0. The quantitative estimate of drug-likeness (QED) is 0.198. The Labute approximate surface area is 144 Å². The molecule has 0 aliphatic carbocycles. The average Bonchev–Trinajstić information content (AvgIpc) is 2.57. The highest BCUT2D eigenvalue weighted by Gasteiger charge is 2.15. The van der Waals surface area contributed by atoms with Crippen LogP contribution < -0.4 is 28.6 Å².